The molecule has 0 unspecified atom stereocenters. The monoisotopic (exact) mass is 388 g/mol. The van der Waals surface area contributed by atoms with Gasteiger partial charge in [-0.05, 0) is 73.0 Å². The Balaban J connectivity index is 1.80. The number of hydrogen-bond acceptors (Lipinski definition) is 2. The van der Waals surface area contributed by atoms with Crippen molar-refractivity contribution in [3.63, 3.8) is 0 Å². The maximum Gasteiger partial charge on any atom is 0.168 e. The van der Waals surface area contributed by atoms with E-state index in [0.29, 0.717) is 17.8 Å². The summed E-state index contributed by atoms with van der Waals surface area (Å²) >= 11 is 0. The first-order valence-electron chi connectivity index (χ1n) is 11.6. The highest BCUT2D eigenvalue weighted by Crippen LogP contribution is 2.44. The van der Waals surface area contributed by atoms with Gasteiger partial charge in [0.1, 0.15) is 0 Å². The number of hydrogen-bond donors (Lipinski definition) is 1. The predicted octanol–water partition coefficient (Wildman–Crippen LogP) is 6.80. The van der Waals surface area contributed by atoms with Gasteiger partial charge in [0.15, 0.2) is 10.7 Å². The van der Waals surface area contributed by atoms with Crippen molar-refractivity contribution in [2.45, 2.75) is 119 Å². The lowest BCUT2D eigenvalue weighted by atomic mass is 9.76. The van der Waals surface area contributed by atoms with E-state index in [4.69, 9.17) is 0 Å². The van der Waals surface area contributed by atoms with E-state index in [2.05, 4.69) is 12.1 Å². The fourth-order valence-electron chi connectivity index (χ4n) is 6.04. The van der Waals surface area contributed by atoms with Crippen molar-refractivity contribution in [2.24, 2.45) is 0 Å². The molecule has 0 saturated heterocycles. The zero-order valence-electron chi connectivity index (χ0n) is 16.8. The largest absolute Gasteiger partial charge is 0.227 e. The van der Waals surface area contributed by atoms with E-state index in [1.165, 1.54) is 113 Å². The summed E-state index contributed by atoms with van der Waals surface area (Å²) in [7, 11) is -2.52. The van der Waals surface area contributed by atoms with Crippen LogP contribution in [0.2, 0.25) is 0 Å². The molecule has 1 aromatic carbocycles. The Morgan fingerprint density at radius 3 is 1.30 bits per heavy atom. The van der Waals surface area contributed by atoms with Crippen molar-refractivity contribution in [3.8, 4) is 0 Å². The predicted molar refractivity (Wildman–Crippen MR) is 113 cm³/mol. The van der Waals surface area contributed by atoms with Crippen molar-refractivity contribution in [2.75, 3.05) is 0 Å². The van der Waals surface area contributed by atoms with Crippen LogP contribution in [0.4, 0.5) is 0 Å². The normalized spacial score (nSPS) is 23.7. The first-order chi connectivity index (χ1) is 13.2. The van der Waals surface area contributed by atoms with Crippen LogP contribution in [-0.4, -0.2) is 8.42 Å². The molecule has 150 valence electrons. The van der Waals surface area contributed by atoms with Gasteiger partial charge >= 0.3 is 0 Å². The van der Waals surface area contributed by atoms with Crippen LogP contribution < -0.4 is 0 Å². The number of thiol groups is 1. The first kappa shape index (κ1) is 19.5. The summed E-state index contributed by atoms with van der Waals surface area (Å²) in [6.45, 7) is 0. The number of rotatable bonds is 4. The number of benzene rings is 1. The molecule has 0 bridgehead atoms. The summed E-state index contributed by atoms with van der Waals surface area (Å²) in [5.74, 6) is 1.59. The van der Waals surface area contributed by atoms with Crippen molar-refractivity contribution < 1.29 is 8.42 Å². The van der Waals surface area contributed by atoms with Crippen LogP contribution in [0, 0.1) is 0 Å². The molecule has 1 aromatic rings. The van der Waals surface area contributed by atoms with Gasteiger partial charge in [-0.3, -0.25) is 0 Å². The van der Waals surface area contributed by atoms with Crippen molar-refractivity contribution in [1.82, 2.24) is 0 Å². The molecule has 27 heavy (non-hydrogen) atoms. The van der Waals surface area contributed by atoms with Crippen LogP contribution in [0.15, 0.2) is 17.0 Å². The molecule has 3 aliphatic rings. The molecular weight excluding hydrogens is 352 g/mol. The van der Waals surface area contributed by atoms with Crippen molar-refractivity contribution in [1.29, 1.82) is 0 Å². The van der Waals surface area contributed by atoms with E-state index >= 15 is 0 Å². The molecule has 0 spiro atoms. The molecule has 3 saturated carbocycles. The molecule has 0 amide bonds. The van der Waals surface area contributed by atoms with Gasteiger partial charge < -0.3 is 0 Å². The SMILES string of the molecule is O=[SH](=O)c1c(C2CCCCC2)cc(C2CCCCC2)cc1C1CCCCC1. The Kier molecular flexibility index (Phi) is 6.58. The van der Waals surface area contributed by atoms with Gasteiger partial charge in [-0.2, -0.15) is 0 Å². The summed E-state index contributed by atoms with van der Waals surface area (Å²) in [6, 6.07) is 4.69. The average Bonchev–Trinajstić information content (AvgIpc) is 2.74. The fourth-order valence-corrected chi connectivity index (χ4v) is 6.95. The van der Waals surface area contributed by atoms with Crippen molar-refractivity contribution in [3.05, 3.63) is 28.8 Å². The topological polar surface area (TPSA) is 34.1 Å². The maximum atomic E-state index is 12.5. The Labute approximate surface area is 167 Å². The van der Waals surface area contributed by atoms with Gasteiger partial charge in [-0.15, -0.1) is 0 Å². The summed E-state index contributed by atoms with van der Waals surface area (Å²) in [4.78, 5) is 0.739. The van der Waals surface area contributed by atoms with Crippen molar-refractivity contribution >= 4 is 10.7 Å². The lowest BCUT2D eigenvalue weighted by Crippen LogP contribution is -2.15. The second-order valence-corrected chi connectivity index (χ2v) is 10.3. The standard InChI is InChI=1S/C24H36O2S/c25-27(26)24-22(19-12-6-2-7-13-19)16-21(18-10-4-1-5-11-18)17-23(24)20-14-8-3-9-15-20/h16-20,27H,1-15H2. The molecule has 3 fully saturated rings. The lowest BCUT2D eigenvalue weighted by molar-refractivity contribution is 0.419. The fraction of sp³-hybridized carbons (Fsp3) is 0.750. The molecule has 0 radical (unpaired) electrons. The van der Waals surface area contributed by atoms with E-state index in [9.17, 15) is 8.42 Å². The summed E-state index contributed by atoms with van der Waals surface area (Å²) in [5, 5.41) is 0. The van der Waals surface area contributed by atoms with Crippen LogP contribution in [0.25, 0.3) is 0 Å². The van der Waals surface area contributed by atoms with E-state index in [1.807, 2.05) is 0 Å². The smallest absolute Gasteiger partial charge is 0.168 e. The highest BCUT2D eigenvalue weighted by atomic mass is 32.2. The van der Waals surface area contributed by atoms with E-state index in [-0.39, 0.29) is 0 Å². The van der Waals surface area contributed by atoms with Gasteiger partial charge in [-0.25, -0.2) is 8.42 Å². The summed E-state index contributed by atoms with van der Waals surface area (Å²) in [6.07, 6.45) is 19.0. The molecule has 3 aliphatic carbocycles. The van der Waals surface area contributed by atoms with Gasteiger partial charge in [0, 0.05) is 0 Å². The Morgan fingerprint density at radius 2 is 0.926 bits per heavy atom. The summed E-state index contributed by atoms with van der Waals surface area (Å²) in [5.41, 5.74) is 3.88. The van der Waals surface area contributed by atoms with Gasteiger partial charge in [0.05, 0.1) is 4.90 Å². The minimum atomic E-state index is -2.52. The van der Waals surface area contributed by atoms with Crippen LogP contribution >= 0.6 is 0 Å². The first-order valence-corrected chi connectivity index (χ1v) is 12.7. The highest BCUT2D eigenvalue weighted by Gasteiger charge is 2.28. The lowest BCUT2D eigenvalue weighted by Gasteiger charge is -2.31. The minimum Gasteiger partial charge on any atom is -0.227 e. The zero-order valence-corrected chi connectivity index (χ0v) is 17.7. The quantitative estimate of drug-likeness (QED) is 0.575. The zero-order chi connectivity index (χ0) is 18.6. The molecule has 4 rings (SSSR count). The van der Waals surface area contributed by atoms with Gasteiger partial charge in [0.2, 0.25) is 0 Å². The molecule has 3 heteroatoms. The third-order valence-electron chi connectivity index (χ3n) is 7.54. The van der Waals surface area contributed by atoms with Crippen LogP contribution in [0.1, 0.15) is 131 Å². The van der Waals surface area contributed by atoms with E-state index in [1.54, 1.807) is 0 Å². The molecule has 0 aromatic heterocycles. The molecule has 0 heterocycles. The minimum absolute atomic E-state index is 0.465. The Bertz CT molecular complexity index is 656. The third kappa shape index (κ3) is 4.44. The maximum absolute atomic E-state index is 12.5. The molecule has 0 aliphatic heterocycles. The van der Waals surface area contributed by atoms with Crippen LogP contribution in [0.5, 0.6) is 0 Å². The van der Waals surface area contributed by atoms with Gasteiger partial charge in [0.25, 0.3) is 0 Å². The highest BCUT2D eigenvalue weighted by molar-refractivity contribution is 7.72. The molecule has 0 N–H and O–H groups in total. The second kappa shape index (κ2) is 9.11. The molecular formula is C24H36O2S. The van der Waals surface area contributed by atoms with E-state index in [0.717, 1.165) is 4.90 Å². The average molecular weight is 389 g/mol. The van der Waals surface area contributed by atoms with E-state index < -0.39 is 10.7 Å². The third-order valence-corrected chi connectivity index (χ3v) is 8.42. The van der Waals surface area contributed by atoms with Crippen LogP contribution in [-0.2, 0) is 10.7 Å². The Morgan fingerprint density at radius 1 is 0.556 bits per heavy atom. The van der Waals surface area contributed by atoms with Crippen LogP contribution in [0.3, 0.4) is 0 Å². The second-order valence-electron chi connectivity index (χ2n) is 9.31. The van der Waals surface area contributed by atoms with Gasteiger partial charge in [-0.1, -0.05) is 69.9 Å². The molecule has 2 nitrogen and oxygen atoms in total. The molecule has 0 atom stereocenters. The Hall–Kier alpha value is -0.830. The summed E-state index contributed by atoms with van der Waals surface area (Å²) < 4.78 is 24.9.